The van der Waals surface area contributed by atoms with Crippen molar-refractivity contribution in [3.63, 3.8) is 0 Å². The molecule has 5 heteroatoms. The molecule has 0 bridgehead atoms. The summed E-state index contributed by atoms with van der Waals surface area (Å²) in [6.07, 6.45) is 0. The van der Waals surface area contributed by atoms with E-state index in [0.717, 1.165) is 28.0 Å². The van der Waals surface area contributed by atoms with Crippen LogP contribution in [-0.4, -0.2) is 23.9 Å². The van der Waals surface area contributed by atoms with Gasteiger partial charge in [0.2, 0.25) is 0 Å². The van der Waals surface area contributed by atoms with Crippen LogP contribution in [-0.2, 0) is 9.59 Å². The van der Waals surface area contributed by atoms with Gasteiger partial charge in [-0.25, -0.2) is 0 Å². The summed E-state index contributed by atoms with van der Waals surface area (Å²) in [4.78, 5) is 28.3. The van der Waals surface area contributed by atoms with Gasteiger partial charge < -0.3 is 9.84 Å². The molecule has 0 saturated carbocycles. The van der Waals surface area contributed by atoms with Gasteiger partial charge in [0.1, 0.15) is 11.5 Å². The van der Waals surface area contributed by atoms with Crippen molar-refractivity contribution in [2.24, 2.45) is 0 Å². The van der Waals surface area contributed by atoms with E-state index in [9.17, 15) is 14.7 Å². The van der Waals surface area contributed by atoms with Gasteiger partial charge in [0.15, 0.2) is 0 Å². The molecule has 0 aliphatic carbocycles. The second kappa shape index (κ2) is 9.18. The SMILES string of the molecule is COc1cc(C)c(/C(O)=C2\C(=O)C(=O)N(c3ccccc3C)C2c2ccccc2)cc1C(C)C. The predicted molar refractivity (Wildman–Crippen MR) is 134 cm³/mol. The highest BCUT2D eigenvalue weighted by Gasteiger charge is 2.47. The van der Waals surface area contributed by atoms with Gasteiger partial charge in [0.05, 0.1) is 18.7 Å². The lowest BCUT2D eigenvalue weighted by atomic mass is 9.91. The number of methoxy groups -OCH3 is 1. The molecule has 1 heterocycles. The topological polar surface area (TPSA) is 66.8 Å². The molecule has 1 amide bonds. The zero-order chi connectivity index (χ0) is 24.6. The molecule has 4 rings (SSSR count). The maximum absolute atomic E-state index is 13.4. The van der Waals surface area contributed by atoms with Crippen molar-refractivity contribution in [1.29, 1.82) is 0 Å². The van der Waals surface area contributed by atoms with Gasteiger partial charge in [0, 0.05) is 11.3 Å². The van der Waals surface area contributed by atoms with E-state index in [4.69, 9.17) is 4.74 Å². The third kappa shape index (κ3) is 3.87. The first-order valence-corrected chi connectivity index (χ1v) is 11.4. The first-order valence-electron chi connectivity index (χ1n) is 11.4. The Hall–Kier alpha value is -3.86. The maximum atomic E-state index is 13.4. The van der Waals surface area contributed by atoms with Gasteiger partial charge in [0.25, 0.3) is 11.7 Å². The van der Waals surface area contributed by atoms with E-state index in [2.05, 4.69) is 0 Å². The molecule has 3 aromatic carbocycles. The minimum Gasteiger partial charge on any atom is -0.507 e. The van der Waals surface area contributed by atoms with Crippen LogP contribution in [0.3, 0.4) is 0 Å². The summed E-state index contributed by atoms with van der Waals surface area (Å²) in [5.41, 5.74) is 4.55. The van der Waals surface area contributed by atoms with Gasteiger partial charge in [-0.2, -0.15) is 0 Å². The first kappa shape index (κ1) is 23.3. The average Bonchev–Trinajstić information content (AvgIpc) is 3.09. The monoisotopic (exact) mass is 455 g/mol. The summed E-state index contributed by atoms with van der Waals surface area (Å²) in [5.74, 6) is -0.661. The number of rotatable bonds is 5. The number of carbonyl (C=O) groups is 2. The number of benzene rings is 3. The molecule has 5 nitrogen and oxygen atoms in total. The molecular weight excluding hydrogens is 426 g/mol. The summed E-state index contributed by atoms with van der Waals surface area (Å²) in [6, 6.07) is 19.8. The van der Waals surface area contributed by atoms with Crippen molar-refractivity contribution >= 4 is 23.1 Å². The number of carbonyl (C=O) groups excluding carboxylic acids is 2. The average molecular weight is 456 g/mol. The third-order valence-corrected chi connectivity index (χ3v) is 6.39. The Kier molecular flexibility index (Phi) is 6.29. The summed E-state index contributed by atoms with van der Waals surface area (Å²) < 4.78 is 5.54. The molecule has 1 aliphatic rings. The molecular formula is C29H29NO4. The number of para-hydroxylation sites is 1. The minimum absolute atomic E-state index is 0.0856. The number of Topliss-reactive ketones (excluding diaryl/α,β-unsaturated/α-hetero) is 1. The summed E-state index contributed by atoms with van der Waals surface area (Å²) in [7, 11) is 1.61. The smallest absolute Gasteiger partial charge is 0.300 e. The van der Waals surface area contributed by atoms with Crippen LogP contribution in [0.15, 0.2) is 72.3 Å². The molecule has 0 spiro atoms. The highest BCUT2D eigenvalue weighted by atomic mass is 16.5. The Bertz CT molecular complexity index is 1290. The van der Waals surface area contributed by atoms with Crippen molar-refractivity contribution in [2.75, 3.05) is 12.0 Å². The van der Waals surface area contributed by atoms with Crippen molar-refractivity contribution in [3.05, 3.63) is 100 Å². The first-order chi connectivity index (χ1) is 16.3. The predicted octanol–water partition coefficient (Wildman–Crippen LogP) is 6.06. The summed E-state index contributed by atoms with van der Waals surface area (Å²) in [6.45, 7) is 7.84. The van der Waals surface area contributed by atoms with Crippen LogP contribution < -0.4 is 9.64 Å². The van der Waals surface area contributed by atoms with E-state index in [1.165, 1.54) is 4.90 Å². The normalized spacial score (nSPS) is 17.5. The molecule has 1 fully saturated rings. The Morgan fingerprint density at radius 2 is 1.59 bits per heavy atom. The Balaban J connectivity index is 1.99. The van der Waals surface area contributed by atoms with E-state index < -0.39 is 17.7 Å². The molecule has 174 valence electrons. The van der Waals surface area contributed by atoms with Crippen LogP contribution in [0.5, 0.6) is 5.75 Å². The van der Waals surface area contributed by atoms with Crippen LogP contribution in [0.1, 0.15) is 53.6 Å². The van der Waals surface area contributed by atoms with E-state index >= 15 is 0 Å². The van der Waals surface area contributed by atoms with Crippen LogP contribution in [0, 0.1) is 13.8 Å². The number of ether oxygens (including phenoxy) is 1. The highest BCUT2D eigenvalue weighted by molar-refractivity contribution is 6.51. The highest BCUT2D eigenvalue weighted by Crippen LogP contribution is 2.44. The molecule has 0 aromatic heterocycles. The van der Waals surface area contributed by atoms with E-state index in [0.29, 0.717) is 11.3 Å². The van der Waals surface area contributed by atoms with E-state index in [-0.39, 0.29) is 17.3 Å². The van der Waals surface area contributed by atoms with Crippen LogP contribution in [0.25, 0.3) is 5.76 Å². The summed E-state index contributed by atoms with van der Waals surface area (Å²) in [5, 5.41) is 11.6. The van der Waals surface area contributed by atoms with Crippen LogP contribution in [0.2, 0.25) is 0 Å². The fourth-order valence-corrected chi connectivity index (χ4v) is 4.59. The van der Waals surface area contributed by atoms with Crippen LogP contribution in [0.4, 0.5) is 5.69 Å². The standard InChI is InChI=1S/C29H29NO4/c1-17(2)21-16-22(19(4)15-24(21)34-5)27(31)25-26(20-12-7-6-8-13-20)30(29(33)28(25)32)23-14-10-9-11-18(23)3/h6-17,26,31H,1-5H3/b27-25+. The maximum Gasteiger partial charge on any atom is 0.300 e. The zero-order valence-corrected chi connectivity index (χ0v) is 20.1. The molecule has 1 saturated heterocycles. The molecule has 3 aromatic rings. The number of anilines is 1. The lowest BCUT2D eigenvalue weighted by Gasteiger charge is -2.27. The minimum atomic E-state index is -0.744. The van der Waals surface area contributed by atoms with E-state index in [1.807, 2.05) is 94.4 Å². The summed E-state index contributed by atoms with van der Waals surface area (Å²) >= 11 is 0. The molecule has 1 N–H and O–H groups in total. The Morgan fingerprint density at radius 1 is 0.941 bits per heavy atom. The Labute approximate surface area is 200 Å². The number of hydrogen-bond acceptors (Lipinski definition) is 4. The van der Waals surface area contributed by atoms with Crippen molar-refractivity contribution in [2.45, 2.75) is 39.7 Å². The second-order valence-electron chi connectivity index (χ2n) is 8.93. The third-order valence-electron chi connectivity index (χ3n) is 6.39. The fraction of sp³-hybridized carbons (Fsp3) is 0.241. The fourth-order valence-electron chi connectivity index (χ4n) is 4.59. The quantitative estimate of drug-likeness (QED) is 0.288. The number of aryl methyl sites for hydroxylation is 2. The van der Waals surface area contributed by atoms with Crippen molar-refractivity contribution in [3.8, 4) is 5.75 Å². The van der Waals surface area contributed by atoms with Crippen molar-refractivity contribution in [1.82, 2.24) is 0 Å². The van der Waals surface area contributed by atoms with Gasteiger partial charge in [-0.3, -0.25) is 14.5 Å². The zero-order valence-electron chi connectivity index (χ0n) is 20.1. The lowest BCUT2D eigenvalue weighted by Crippen LogP contribution is -2.30. The molecule has 1 atom stereocenters. The van der Waals surface area contributed by atoms with Crippen LogP contribution >= 0.6 is 0 Å². The van der Waals surface area contributed by atoms with Gasteiger partial charge in [-0.1, -0.05) is 62.4 Å². The number of nitrogens with zero attached hydrogens (tertiary/aromatic N) is 1. The Morgan fingerprint density at radius 3 is 2.21 bits per heavy atom. The second-order valence-corrected chi connectivity index (χ2v) is 8.93. The number of amides is 1. The molecule has 0 radical (unpaired) electrons. The number of aliphatic hydroxyl groups excluding tert-OH is 1. The molecule has 1 aliphatic heterocycles. The largest absolute Gasteiger partial charge is 0.507 e. The van der Waals surface area contributed by atoms with E-state index in [1.54, 1.807) is 7.11 Å². The van der Waals surface area contributed by atoms with Gasteiger partial charge in [-0.15, -0.1) is 0 Å². The number of aliphatic hydroxyl groups is 1. The van der Waals surface area contributed by atoms with Gasteiger partial charge in [-0.05, 0) is 60.2 Å². The molecule has 34 heavy (non-hydrogen) atoms. The number of ketones is 1. The molecule has 1 unspecified atom stereocenters. The van der Waals surface area contributed by atoms with Crippen molar-refractivity contribution < 1.29 is 19.4 Å². The lowest BCUT2D eigenvalue weighted by molar-refractivity contribution is -0.132. The number of hydrogen-bond donors (Lipinski definition) is 1. The van der Waals surface area contributed by atoms with Gasteiger partial charge >= 0.3 is 0 Å².